The number of benzene rings is 1. The molecule has 0 fully saturated rings. The maximum atomic E-state index is 12.4. The fourth-order valence-corrected chi connectivity index (χ4v) is 2.47. The molecule has 5 nitrogen and oxygen atoms in total. The van der Waals surface area contributed by atoms with Gasteiger partial charge in [-0.3, -0.25) is 4.79 Å². The Kier molecular flexibility index (Phi) is 6.54. The number of thiophene rings is 1. The minimum absolute atomic E-state index is 0.0394. The van der Waals surface area contributed by atoms with E-state index in [-0.39, 0.29) is 10.6 Å². The summed E-state index contributed by atoms with van der Waals surface area (Å²) in [6.07, 6.45) is 0. The third-order valence-electron chi connectivity index (χ3n) is 2.11. The van der Waals surface area contributed by atoms with Gasteiger partial charge in [-0.1, -0.05) is 18.2 Å². The predicted molar refractivity (Wildman–Crippen MR) is 84.0 cm³/mol. The van der Waals surface area contributed by atoms with E-state index in [0.29, 0.717) is 5.75 Å². The third kappa shape index (κ3) is 5.84. The fourth-order valence-electron chi connectivity index (χ4n) is 1.16. The van der Waals surface area contributed by atoms with E-state index < -0.39 is 21.8 Å². The average Bonchev–Trinajstić information content (AvgIpc) is 2.91. The molecule has 1 aromatic heterocycles. The van der Waals surface area contributed by atoms with Gasteiger partial charge in [0.15, 0.2) is 5.75 Å². The van der Waals surface area contributed by atoms with Gasteiger partial charge < -0.3 is 9.92 Å². The van der Waals surface area contributed by atoms with Gasteiger partial charge in [-0.25, -0.2) is 4.39 Å². The Morgan fingerprint density at radius 2 is 2.09 bits per heavy atom. The highest BCUT2D eigenvalue weighted by Crippen LogP contribution is 2.17. The number of hydrogen-bond acceptors (Lipinski definition) is 5. The zero-order valence-electron chi connectivity index (χ0n) is 11.0. The summed E-state index contributed by atoms with van der Waals surface area (Å²) in [7, 11) is -3.57. The molecule has 0 bridgehead atoms. The Hall–Kier alpha value is -1.90. The smallest absolute Gasteiger partial charge is 0.331 e. The third-order valence-corrected chi connectivity index (χ3v) is 3.92. The molecule has 1 heterocycles. The molecule has 2 aromatic rings. The van der Waals surface area contributed by atoms with Gasteiger partial charge in [-0.2, -0.15) is 8.42 Å². The van der Waals surface area contributed by atoms with Crippen LogP contribution in [-0.4, -0.2) is 14.3 Å². The van der Waals surface area contributed by atoms with Gasteiger partial charge >= 0.3 is 10.1 Å². The normalized spacial score (nSPS) is 10.3. The van der Waals surface area contributed by atoms with E-state index in [9.17, 15) is 17.6 Å². The van der Waals surface area contributed by atoms with E-state index in [1.165, 1.54) is 17.4 Å². The maximum absolute atomic E-state index is 12.4. The van der Waals surface area contributed by atoms with Crippen LogP contribution in [0.4, 0.5) is 4.39 Å². The fraction of sp³-hybridized carbons (Fsp3) is 0. The van der Waals surface area contributed by atoms with Gasteiger partial charge in [0, 0.05) is 5.38 Å². The molecule has 22 heavy (non-hydrogen) atoms. The lowest BCUT2D eigenvalue weighted by Crippen LogP contribution is -2.11. The van der Waals surface area contributed by atoms with Crippen LogP contribution in [0.5, 0.6) is 5.75 Å². The lowest BCUT2D eigenvalue weighted by molar-refractivity contribution is 0.100. The highest BCUT2D eigenvalue weighted by atomic mass is 35.5. The Balaban J connectivity index is 0.000000220. The van der Waals surface area contributed by atoms with Crippen LogP contribution in [0.15, 0.2) is 47.0 Å². The number of carbonyl (C=O) groups excluding carboxylic acids is 1. The summed E-state index contributed by atoms with van der Waals surface area (Å²) < 4.78 is 38.4. The van der Waals surface area contributed by atoms with Crippen LogP contribution in [0.25, 0.3) is 0 Å². The Morgan fingerprint density at radius 1 is 1.41 bits per heavy atom. The van der Waals surface area contributed by atoms with Gasteiger partial charge in [-0.05, 0) is 29.6 Å². The van der Waals surface area contributed by atoms with Crippen molar-refractivity contribution >= 4 is 39.0 Å². The number of hydrogen-bond donors (Lipinski definition) is 1. The monoisotopic (exact) mass is 363 g/mol. The van der Waals surface area contributed by atoms with Gasteiger partial charge in [0.1, 0.15) is 5.82 Å². The molecule has 0 atom stereocenters. The van der Waals surface area contributed by atoms with Crippen molar-refractivity contribution in [1.29, 1.82) is 0 Å². The van der Waals surface area contributed by atoms with Crippen molar-refractivity contribution in [2.45, 2.75) is 0 Å². The molecule has 0 aliphatic carbocycles. The minimum Gasteiger partial charge on any atom is -0.379 e. The van der Waals surface area contributed by atoms with Gasteiger partial charge in [-0.15, -0.1) is 11.3 Å². The van der Waals surface area contributed by atoms with E-state index in [4.69, 9.17) is 17.3 Å². The topological polar surface area (TPSA) is 86.5 Å². The number of carbonyl (C=O) groups is 1. The first kappa shape index (κ1) is 18.1. The molecule has 9 heteroatoms. The summed E-state index contributed by atoms with van der Waals surface area (Å²) in [4.78, 5) is 10.5. The first-order valence-corrected chi connectivity index (χ1v) is 8.38. The second kappa shape index (κ2) is 7.92. The first-order chi connectivity index (χ1) is 10.2. The van der Waals surface area contributed by atoms with Crippen LogP contribution in [-0.2, 0) is 10.1 Å². The Bertz CT molecular complexity index is 760. The van der Waals surface area contributed by atoms with Gasteiger partial charge in [0.05, 0.1) is 16.0 Å². The molecule has 118 valence electrons. The first-order valence-electron chi connectivity index (χ1n) is 5.59. The molecule has 2 N–H and O–H groups in total. The maximum Gasteiger partial charge on any atom is 0.331 e. The summed E-state index contributed by atoms with van der Waals surface area (Å²) in [6.45, 7) is 3.10. The van der Waals surface area contributed by atoms with Crippen molar-refractivity contribution in [3.8, 4) is 5.75 Å². The molecular weight excluding hydrogens is 353 g/mol. The second-order valence-corrected chi connectivity index (χ2v) is 6.36. The molecule has 0 spiro atoms. The quantitative estimate of drug-likeness (QED) is 0.845. The van der Waals surface area contributed by atoms with E-state index >= 15 is 0 Å². The standard InChI is InChI=1S/C7H5ClFNO.C6H6O3S2/c8-6-3-4(9)1-2-5(6)7(10)11;1-2-11(7,8)9-6-3-4-10-5-6/h1-3H,(H2,10,11);2-5H,1H2. The molecule has 1 aromatic carbocycles. The zero-order valence-corrected chi connectivity index (χ0v) is 13.4. The van der Waals surface area contributed by atoms with Crippen LogP contribution in [0.2, 0.25) is 5.02 Å². The summed E-state index contributed by atoms with van der Waals surface area (Å²) in [5.74, 6) is -0.815. The van der Waals surface area contributed by atoms with Crippen LogP contribution < -0.4 is 9.92 Å². The van der Waals surface area contributed by atoms with Crippen molar-refractivity contribution in [2.75, 3.05) is 0 Å². The van der Waals surface area contributed by atoms with Crippen LogP contribution in [0.1, 0.15) is 10.4 Å². The van der Waals surface area contributed by atoms with Gasteiger partial charge in [0.25, 0.3) is 0 Å². The molecule has 0 unspecified atom stereocenters. The van der Waals surface area contributed by atoms with Crippen LogP contribution in [0.3, 0.4) is 0 Å². The summed E-state index contributed by atoms with van der Waals surface area (Å²) in [5.41, 5.74) is 5.05. The molecular formula is C13H11ClFNO4S2. The number of primary amides is 1. The molecule has 1 amide bonds. The van der Waals surface area contributed by atoms with Crippen molar-refractivity contribution in [3.63, 3.8) is 0 Å². The molecule has 2 rings (SSSR count). The summed E-state index contributed by atoms with van der Waals surface area (Å²) >= 11 is 6.85. The zero-order chi connectivity index (χ0) is 16.8. The van der Waals surface area contributed by atoms with E-state index in [1.807, 2.05) is 0 Å². The van der Waals surface area contributed by atoms with E-state index in [1.54, 1.807) is 16.8 Å². The SMILES string of the molecule is C=CS(=O)(=O)Oc1ccsc1.NC(=O)c1ccc(F)cc1Cl. The lowest BCUT2D eigenvalue weighted by atomic mass is 10.2. The Labute approximate surface area is 135 Å². The second-order valence-electron chi connectivity index (χ2n) is 3.69. The van der Waals surface area contributed by atoms with Crippen LogP contribution in [0, 0.1) is 5.82 Å². The summed E-state index contributed by atoms with van der Waals surface area (Å²) in [6, 6.07) is 5.00. The summed E-state index contributed by atoms with van der Waals surface area (Å²) in [5, 5.41) is 4.14. The number of halogens is 2. The predicted octanol–water partition coefficient (Wildman–Crippen LogP) is 3.18. The largest absolute Gasteiger partial charge is 0.379 e. The average molecular weight is 364 g/mol. The minimum atomic E-state index is -3.57. The van der Waals surface area contributed by atoms with Crippen molar-refractivity contribution in [3.05, 3.63) is 63.4 Å². The number of rotatable bonds is 4. The lowest BCUT2D eigenvalue weighted by Gasteiger charge is -1.97. The van der Waals surface area contributed by atoms with Crippen LogP contribution >= 0.6 is 22.9 Å². The highest BCUT2D eigenvalue weighted by molar-refractivity contribution is 7.90. The molecule has 0 saturated heterocycles. The molecule has 0 radical (unpaired) electrons. The van der Waals surface area contributed by atoms with Crippen molar-refractivity contribution in [2.24, 2.45) is 5.73 Å². The highest BCUT2D eigenvalue weighted by Gasteiger charge is 2.06. The van der Waals surface area contributed by atoms with E-state index in [0.717, 1.165) is 17.5 Å². The van der Waals surface area contributed by atoms with E-state index in [2.05, 4.69) is 10.8 Å². The molecule has 0 aliphatic heterocycles. The van der Waals surface area contributed by atoms with Crippen molar-refractivity contribution < 1.29 is 21.8 Å². The number of amides is 1. The van der Waals surface area contributed by atoms with Gasteiger partial charge in [0.2, 0.25) is 5.91 Å². The number of nitrogens with two attached hydrogens (primary N) is 1. The Morgan fingerprint density at radius 3 is 2.55 bits per heavy atom. The molecule has 0 saturated carbocycles. The molecule has 0 aliphatic rings. The van der Waals surface area contributed by atoms with Crippen molar-refractivity contribution in [1.82, 2.24) is 0 Å².